The number of nitrogens with one attached hydrogen (secondary N) is 1. The van der Waals surface area contributed by atoms with E-state index in [0.29, 0.717) is 0 Å². The van der Waals surface area contributed by atoms with Crippen LogP contribution in [0.3, 0.4) is 0 Å². The lowest BCUT2D eigenvalue weighted by Crippen LogP contribution is -2.23. The Morgan fingerprint density at radius 3 is 2.73 bits per heavy atom. The van der Waals surface area contributed by atoms with Crippen molar-refractivity contribution in [3.05, 3.63) is 34.9 Å². The Kier molecular flexibility index (Phi) is 4.79. The summed E-state index contributed by atoms with van der Waals surface area (Å²) in [5.41, 5.74) is 9.75. The second-order valence-corrected chi connectivity index (χ2v) is 4.37. The number of nitrogens with two attached hydrogens (primary N) is 1. The van der Waals surface area contributed by atoms with E-state index < -0.39 is 0 Å². The molecule has 0 radical (unpaired) electrons. The zero-order valence-electron chi connectivity index (χ0n) is 10.0. The summed E-state index contributed by atoms with van der Waals surface area (Å²) in [6.45, 7) is 8.26. The quantitative estimate of drug-likeness (QED) is 0.724. The van der Waals surface area contributed by atoms with Crippen LogP contribution in [-0.2, 0) is 6.54 Å². The first-order chi connectivity index (χ1) is 7.09. The van der Waals surface area contributed by atoms with Gasteiger partial charge >= 0.3 is 0 Å². The molecule has 0 aromatic heterocycles. The molecule has 1 aromatic rings. The van der Waals surface area contributed by atoms with Gasteiger partial charge in [-0.3, -0.25) is 0 Å². The summed E-state index contributed by atoms with van der Waals surface area (Å²) in [6, 6.07) is 6.86. The molecule has 0 aliphatic rings. The van der Waals surface area contributed by atoms with E-state index in [1.165, 1.54) is 16.7 Å². The molecule has 84 valence electrons. The summed E-state index contributed by atoms with van der Waals surface area (Å²) >= 11 is 0. The highest BCUT2D eigenvalue weighted by Crippen LogP contribution is 2.09. The molecular formula is C13H22N2. The van der Waals surface area contributed by atoms with Gasteiger partial charge in [0.1, 0.15) is 0 Å². The lowest BCUT2D eigenvalue weighted by molar-refractivity contribution is 0.588. The molecule has 0 saturated carbocycles. The van der Waals surface area contributed by atoms with Gasteiger partial charge in [-0.1, -0.05) is 23.8 Å². The molecule has 3 N–H and O–H groups in total. The van der Waals surface area contributed by atoms with Gasteiger partial charge in [-0.25, -0.2) is 0 Å². The minimum absolute atomic E-state index is 0.288. The second-order valence-electron chi connectivity index (χ2n) is 4.37. The van der Waals surface area contributed by atoms with Crippen LogP contribution >= 0.6 is 0 Å². The molecule has 15 heavy (non-hydrogen) atoms. The number of hydrogen-bond donors (Lipinski definition) is 2. The minimum Gasteiger partial charge on any atom is -0.328 e. The van der Waals surface area contributed by atoms with Crippen molar-refractivity contribution in [1.82, 2.24) is 5.32 Å². The molecule has 0 aliphatic carbocycles. The largest absolute Gasteiger partial charge is 0.328 e. The molecule has 1 unspecified atom stereocenters. The highest BCUT2D eigenvalue weighted by atomic mass is 14.9. The summed E-state index contributed by atoms with van der Waals surface area (Å²) in [6.07, 6.45) is 1.03. The van der Waals surface area contributed by atoms with Crippen LogP contribution < -0.4 is 11.1 Å². The van der Waals surface area contributed by atoms with Gasteiger partial charge in [0.05, 0.1) is 0 Å². The number of aryl methyl sites for hydroxylation is 2. The van der Waals surface area contributed by atoms with Crippen LogP contribution in [0.4, 0.5) is 0 Å². The van der Waals surface area contributed by atoms with Gasteiger partial charge in [-0.2, -0.15) is 0 Å². The molecule has 0 bridgehead atoms. The zero-order chi connectivity index (χ0) is 11.3. The average molecular weight is 206 g/mol. The van der Waals surface area contributed by atoms with Crippen molar-refractivity contribution in [2.75, 3.05) is 6.54 Å². The Hall–Kier alpha value is -0.860. The van der Waals surface area contributed by atoms with Gasteiger partial charge in [0, 0.05) is 12.6 Å². The lowest BCUT2D eigenvalue weighted by Gasteiger charge is -2.10. The normalized spacial score (nSPS) is 12.8. The molecule has 1 aromatic carbocycles. The molecular weight excluding hydrogens is 184 g/mol. The van der Waals surface area contributed by atoms with Crippen molar-refractivity contribution in [3.8, 4) is 0 Å². The number of benzene rings is 1. The van der Waals surface area contributed by atoms with Gasteiger partial charge in [0.15, 0.2) is 0 Å². The Morgan fingerprint density at radius 2 is 2.07 bits per heavy atom. The summed E-state index contributed by atoms with van der Waals surface area (Å²) in [5, 5.41) is 3.42. The van der Waals surface area contributed by atoms with Crippen LogP contribution in [-0.4, -0.2) is 12.6 Å². The molecule has 1 rings (SSSR count). The van der Waals surface area contributed by atoms with Crippen LogP contribution in [0.5, 0.6) is 0 Å². The van der Waals surface area contributed by atoms with Crippen molar-refractivity contribution in [1.29, 1.82) is 0 Å². The Morgan fingerprint density at radius 1 is 1.33 bits per heavy atom. The van der Waals surface area contributed by atoms with Crippen molar-refractivity contribution in [2.45, 2.75) is 39.8 Å². The predicted octanol–water partition coefficient (Wildman–Crippen LogP) is 2.13. The number of hydrogen-bond acceptors (Lipinski definition) is 2. The molecule has 2 heteroatoms. The van der Waals surface area contributed by atoms with Crippen LogP contribution in [0.15, 0.2) is 18.2 Å². The summed E-state index contributed by atoms with van der Waals surface area (Å²) < 4.78 is 0. The fourth-order valence-electron chi connectivity index (χ4n) is 1.54. The molecule has 0 aliphatic heterocycles. The van der Waals surface area contributed by atoms with E-state index in [0.717, 1.165) is 19.5 Å². The Balaban J connectivity index is 2.40. The van der Waals surface area contributed by atoms with E-state index in [4.69, 9.17) is 5.73 Å². The maximum absolute atomic E-state index is 5.69. The predicted molar refractivity (Wildman–Crippen MR) is 65.9 cm³/mol. The van der Waals surface area contributed by atoms with Crippen LogP contribution in [0.1, 0.15) is 30.0 Å². The molecule has 0 spiro atoms. The molecule has 0 fully saturated rings. The Bertz CT molecular complexity index is 305. The molecule has 1 atom stereocenters. The monoisotopic (exact) mass is 206 g/mol. The fourth-order valence-corrected chi connectivity index (χ4v) is 1.54. The second kappa shape index (κ2) is 5.89. The van der Waals surface area contributed by atoms with Gasteiger partial charge in [0.2, 0.25) is 0 Å². The Labute approximate surface area is 92.9 Å². The van der Waals surface area contributed by atoms with E-state index in [-0.39, 0.29) is 6.04 Å². The van der Waals surface area contributed by atoms with Gasteiger partial charge in [0.25, 0.3) is 0 Å². The summed E-state index contributed by atoms with van der Waals surface area (Å²) in [5.74, 6) is 0. The lowest BCUT2D eigenvalue weighted by atomic mass is 10.1. The summed E-state index contributed by atoms with van der Waals surface area (Å²) in [7, 11) is 0. The van der Waals surface area contributed by atoms with E-state index in [9.17, 15) is 0 Å². The molecule has 0 amide bonds. The van der Waals surface area contributed by atoms with Crippen molar-refractivity contribution >= 4 is 0 Å². The zero-order valence-corrected chi connectivity index (χ0v) is 10.0. The minimum atomic E-state index is 0.288. The maximum Gasteiger partial charge on any atom is 0.0208 e. The van der Waals surface area contributed by atoms with Crippen LogP contribution in [0.2, 0.25) is 0 Å². The van der Waals surface area contributed by atoms with Gasteiger partial charge < -0.3 is 11.1 Å². The third kappa shape index (κ3) is 4.45. The smallest absolute Gasteiger partial charge is 0.0208 e. The molecule has 2 nitrogen and oxygen atoms in total. The first-order valence-corrected chi connectivity index (χ1v) is 5.62. The van der Waals surface area contributed by atoms with Crippen molar-refractivity contribution < 1.29 is 0 Å². The van der Waals surface area contributed by atoms with Crippen LogP contribution in [0.25, 0.3) is 0 Å². The third-order valence-electron chi connectivity index (χ3n) is 2.60. The van der Waals surface area contributed by atoms with Crippen LogP contribution in [0, 0.1) is 13.8 Å². The van der Waals surface area contributed by atoms with E-state index in [1.807, 2.05) is 6.92 Å². The fraction of sp³-hybridized carbons (Fsp3) is 0.538. The topological polar surface area (TPSA) is 38.0 Å². The third-order valence-corrected chi connectivity index (χ3v) is 2.60. The van der Waals surface area contributed by atoms with Gasteiger partial charge in [-0.05, 0) is 44.9 Å². The standard InChI is InChI=1S/C13H22N2/c1-10-4-5-11(2)13(8-10)9-15-7-6-12(3)14/h4-5,8,12,15H,6-7,9,14H2,1-3H3. The maximum atomic E-state index is 5.69. The number of rotatable bonds is 5. The van der Waals surface area contributed by atoms with E-state index >= 15 is 0 Å². The highest BCUT2D eigenvalue weighted by Gasteiger charge is 1.98. The summed E-state index contributed by atoms with van der Waals surface area (Å²) in [4.78, 5) is 0. The SMILES string of the molecule is Cc1ccc(C)c(CNCCC(C)N)c1. The molecule has 0 saturated heterocycles. The van der Waals surface area contributed by atoms with Gasteiger partial charge in [-0.15, -0.1) is 0 Å². The van der Waals surface area contributed by atoms with Crippen molar-refractivity contribution in [2.24, 2.45) is 5.73 Å². The first-order valence-electron chi connectivity index (χ1n) is 5.62. The highest BCUT2D eigenvalue weighted by molar-refractivity contribution is 5.30. The van der Waals surface area contributed by atoms with Crippen molar-refractivity contribution in [3.63, 3.8) is 0 Å². The first kappa shape index (κ1) is 12.2. The average Bonchev–Trinajstić information content (AvgIpc) is 2.17. The molecule has 0 heterocycles. The van der Waals surface area contributed by atoms with E-state index in [1.54, 1.807) is 0 Å². The van der Waals surface area contributed by atoms with E-state index in [2.05, 4.69) is 37.4 Å².